The van der Waals surface area contributed by atoms with Gasteiger partial charge in [-0.3, -0.25) is 23.4 Å². The Morgan fingerprint density at radius 1 is 0.423 bits per heavy atom. The molecule has 3 rings (SSSR count). The van der Waals surface area contributed by atoms with Crippen LogP contribution >= 0.6 is 50.9 Å². The number of nitrogens with one attached hydrogen (secondary N) is 3. The third-order valence-corrected chi connectivity index (χ3v) is 23.5. The number of aliphatic hydroxyl groups excluding tert-OH is 9. The van der Waals surface area contributed by atoms with E-state index in [2.05, 4.69) is 28.2 Å². The Kier molecular flexibility index (Phi) is 50.5. The van der Waals surface area contributed by atoms with Gasteiger partial charge in [-0.05, 0) is 94.2 Å². The van der Waals surface area contributed by atoms with Crippen LogP contribution in [0.3, 0.4) is 0 Å². The van der Waals surface area contributed by atoms with Gasteiger partial charge in [0.05, 0.1) is 105 Å². The van der Waals surface area contributed by atoms with Crippen LogP contribution in [0.25, 0.3) is 0 Å². The number of hydrogen-bond acceptors (Lipinski definition) is 36. The number of thiol groups is 1. The number of carbonyl (C=O) groups excluding carboxylic acids is 3. The molecule has 0 saturated carbocycles. The summed E-state index contributed by atoms with van der Waals surface area (Å²) < 4.78 is 134. The summed E-state index contributed by atoms with van der Waals surface area (Å²) in [4.78, 5) is 56.2. The summed E-state index contributed by atoms with van der Waals surface area (Å²) in [7, 11) is 2.57. The Bertz CT molecular complexity index is 2470. The fourth-order valence-electron chi connectivity index (χ4n) is 10.1. The zero-order valence-electron chi connectivity index (χ0n) is 59.4. The Hall–Kier alpha value is -0.330. The molecule has 0 aromatic rings. The smallest absolute Gasteiger partial charge is 0.394 e. The molecule has 614 valence electrons. The summed E-state index contributed by atoms with van der Waals surface area (Å²) in [6, 6.07) is -3.36. The molecule has 0 aromatic carbocycles. The molecule has 3 saturated heterocycles. The molecule has 3 fully saturated rings. The molecule has 3 amide bonds. The quantitative estimate of drug-likeness (QED) is 0.0172. The van der Waals surface area contributed by atoms with Gasteiger partial charge in [-0.25, -0.2) is 9.13 Å². The van der Waals surface area contributed by atoms with Crippen LogP contribution in [0, 0.1) is 5.41 Å². The molecule has 38 nitrogen and oxygen atoms in total. The molecule has 20 atom stereocenters. The molecule has 0 radical (unpaired) electrons. The first-order valence-electron chi connectivity index (χ1n) is 34.1. The van der Waals surface area contributed by atoms with Crippen molar-refractivity contribution in [2.75, 3.05) is 153 Å². The van der Waals surface area contributed by atoms with Crippen molar-refractivity contribution in [1.29, 1.82) is 0 Å². The van der Waals surface area contributed by atoms with Gasteiger partial charge in [0.25, 0.3) is 0 Å². The van der Waals surface area contributed by atoms with E-state index in [1.165, 1.54) is 35.0 Å². The summed E-state index contributed by atoms with van der Waals surface area (Å²) in [6.45, 7) is -12.5. The topological polar surface area (TPSA) is 519 Å². The Labute approximate surface area is 626 Å². The van der Waals surface area contributed by atoms with Gasteiger partial charge >= 0.3 is 27.0 Å². The molecule has 14 N–H and O–H groups in total. The Morgan fingerprint density at radius 3 is 1.04 bits per heavy atom. The maximum atomic E-state index is 13.7. The molecule has 0 aliphatic carbocycles. The van der Waals surface area contributed by atoms with Crippen LogP contribution in [-0.4, -0.2) is 318 Å². The lowest BCUT2D eigenvalue weighted by Gasteiger charge is -2.42. The van der Waals surface area contributed by atoms with Crippen molar-refractivity contribution in [3.63, 3.8) is 0 Å². The zero-order chi connectivity index (χ0) is 77.2. The largest absolute Gasteiger partial charge is 0.415 e. The molecule has 20 unspecified atom stereocenters. The highest BCUT2D eigenvalue weighted by molar-refractivity contribution is 8.52. The first kappa shape index (κ1) is 97.9. The average Bonchev–Trinajstić information content (AvgIpc) is 0.818. The molecular formula is C58H113N3O35P4S4. The number of unbranched alkanes of at least 4 members (excludes halogenated alkanes) is 6. The first-order valence-corrected chi connectivity index (χ1v) is 44.9. The van der Waals surface area contributed by atoms with E-state index in [4.69, 9.17) is 111 Å². The second-order valence-corrected chi connectivity index (χ2v) is 36.7. The minimum atomic E-state index is -3.89. The van der Waals surface area contributed by atoms with Crippen LogP contribution in [0.2, 0.25) is 0 Å². The van der Waals surface area contributed by atoms with Crippen molar-refractivity contribution in [2.24, 2.45) is 5.41 Å². The van der Waals surface area contributed by atoms with Gasteiger partial charge in [-0.2, -0.15) is 0 Å². The summed E-state index contributed by atoms with van der Waals surface area (Å²) in [5.74, 6) is -1.52. The van der Waals surface area contributed by atoms with Crippen molar-refractivity contribution in [3.05, 3.63) is 0 Å². The normalized spacial score (nSPS) is 28.1. The zero-order valence-corrected chi connectivity index (χ0v) is 66.3. The second-order valence-electron chi connectivity index (χ2n) is 24.3. The average molecular weight is 1660 g/mol. The summed E-state index contributed by atoms with van der Waals surface area (Å²) in [6.07, 6.45) is -10.6. The highest BCUT2D eigenvalue weighted by Gasteiger charge is 2.48. The fourth-order valence-corrected chi connectivity index (χ4v) is 15.7. The van der Waals surface area contributed by atoms with Crippen molar-refractivity contribution >= 4 is 92.3 Å². The van der Waals surface area contributed by atoms with Crippen LogP contribution in [0.15, 0.2) is 0 Å². The van der Waals surface area contributed by atoms with Crippen LogP contribution in [0.5, 0.6) is 0 Å². The van der Waals surface area contributed by atoms with E-state index in [0.717, 1.165) is 12.8 Å². The third kappa shape index (κ3) is 39.4. The second kappa shape index (κ2) is 53.6. The van der Waals surface area contributed by atoms with Crippen molar-refractivity contribution in [3.8, 4) is 0 Å². The molecule has 3 aliphatic heterocycles. The molecule has 104 heavy (non-hydrogen) atoms. The fraction of sp³-hybridized carbons (Fsp3) is 0.948. The number of ether oxygens (including phenoxy) is 10. The van der Waals surface area contributed by atoms with Crippen LogP contribution in [0.4, 0.5) is 0 Å². The number of carbonyl (C=O) groups is 3. The summed E-state index contributed by atoms with van der Waals surface area (Å²) in [5.41, 5.74) is -1.01. The highest BCUT2D eigenvalue weighted by atomic mass is 32.7. The number of hydrogen-bond donors (Lipinski definition) is 15. The van der Waals surface area contributed by atoms with Gasteiger partial charge in [0.1, 0.15) is 84.7 Å². The third-order valence-electron chi connectivity index (χ3n) is 15.5. The molecule has 0 bridgehead atoms. The molecule has 3 aliphatic rings. The number of amides is 3. The number of rotatable bonds is 61. The predicted octanol–water partition coefficient (Wildman–Crippen LogP) is 0.628. The Balaban J connectivity index is 1.63. The van der Waals surface area contributed by atoms with Gasteiger partial charge < -0.3 is 150 Å². The lowest BCUT2D eigenvalue weighted by molar-refractivity contribution is -0.270. The lowest BCUT2D eigenvalue weighted by atomic mass is 9.92. The van der Waals surface area contributed by atoms with Gasteiger partial charge in [0.15, 0.2) is 18.9 Å². The maximum Gasteiger partial charge on any atom is 0.415 e. The monoisotopic (exact) mass is 1660 g/mol. The van der Waals surface area contributed by atoms with Gasteiger partial charge in [0.2, 0.25) is 17.7 Å². The molecule has 0 aromatic heterocycles. The SMILES string of the molecule is COSP(=O)(OCCCCOC1OC(CO)C(O)C(O)C1NC(C)=O)OCCCOCC(COCCCCCCOP(O)(=S)OC)(COCCCOP(=O)(S)OCCCCOC1OC(CO)C(O)C(O)C1NC(C)=O)COCCCOP(O)(=S)OCCCCOC1OC(CO)C(O)C(O)C1NC(C)=O. The summed E-state index contributed by atoms with van der Waals surface area (Å²) >= 11 is 14.8. The van der Waals surface area contributed by atoms with E-state index in [9.17, 15) is 79.3 Å². The van der Waals surface area contributed by atoms with Gasteiger partial charge in [-0.1, -0.05) is 25.1 Å². The molecule has 3 heterocycles. The van der Waals surface area contributed by atoms with E-state index in [1.807, 2.05) is 0 Å². The van der Waals surface area contributed by atoms with E-state index in [1.54, 1.807) is 0 Å². The lowest BCUT2D eigenvalue weighted by Crippen LogP contribution is -2.64. The van der Waals surface area contributed by atoms with E-state index in [-0.39, 0.29) is 132 Å². The van der Waals surface area contributed by atoms with E-state index in [0.29, 0.717) is 69.6 Å². The first-order chi connectivity index (χ1) is 49.4. The van der Waals surface area contributed by atoms with Crippen molar-refractivity contribution in [2.45, 2.75) is 196 Å². The molecular weight excluding hydrogens is 1550 g/mol. The number of aliphatic hydroxyl groups is 9. The van der Waals surface area contributed by atoms with Gasteiger partial charge in [-0.15, -0.1) is 0 Å². The van der Waals surface area contributed by atoms with Crippen molar-refractivity contribution < 1.29 is 167 Å². The Morgan fingerprint density at radius 2 is 0.702 bits per heavy atom. The minimum absolute atomic E-state index is 0.00756. The van der Waals surface area contributed by atoms with Crippen LogP contribution < -0.4 is 16.0 Å². The van der Waals surface area contributed by atoms with E-state index >= 15 is 0 Å². The maximum absolute atomic E-state index is 13.7. The molecule has 0 spiro atoms. The van der Waals surface area contributed by atoms with Gasteiger partial charge in [0, 0.05) is 74.1 Å². The standard InChI is InChI=1S/C58H113N3O35P4S4/c1-40(65)59-46-52(71)49(68)43(33-62)94-55(46)84-23-10-13-27-88-98(75,102)90-30-16-20-81-37-58(36-80-19-8-6-7-9-26-87-97(74,101)78-4,38-82-21-17-31-91-99(76,103)89-28-14-11-24-85-56-47(60-41(2)66)53(72)50(69)44(34-63)95-56)39-83-22-18-32-93-100(77,104-79-5)92-29-15-12-25-86-57-48(61-42(3)67)54(73)51(70)45(35-64)96-57/h43-57,62-64,68-73H,6-39H2,1-5H3,(H,59,65)(H,60,66)(H,61,67)(H,74,101)(H,75,102)(H,76,103). The molecule has 46 heteroatoms. The highest BCUT2D eigenvalue weighted by Crippen LogP contribution is 2.61. The van der Waals surface area contributed by atoms with Crippen LogP contribution in [-0.2, 0) is 135 Å². The predicted molar refractivity (Wildman–Crippen MR) is 380 cm³/mol. The van der Waals surface area contributed by atoms with Crippen molar-refractivity contribution in [1.82, 2.24) is 16.0 Å². The van der Waals surface area contributed by atoms with Crippen LogP contribution in [0.1, 0.15) is 104 Å². The summed E-state index contributed by atoms with van der Waals surface area (Å²) in [5, 5.41) is 98.9. The van der Waals surface area contributed by atoms with E-state index < -0.39 is 162 Å². The minimum Gasteiger partial charge on any atom is -0.394 e.